The molecule has 1 saturated heterocycles. The van der Waals surface area contributed by atoms with Crippen molar-refractivity contribution in [3.63, 3.8) is 0 Å². The molecule has 0 spiro atoms. The van der Waals surface area contributed by atoms with Crippen LogP contribution in [0.3, 0.4) is 0 Å². The third-order valence-electron chi connectivity index (χ3n) is 8.46. The quantitative estimate of drug-likeness (QED) is 0.172. The minimum absolute atomic E-state index is 0.0378. The van der Waals surface area contributed by atoms with Crippen molar-refractivity contribution in [3.05, 3.63) is 132 Å². The van der Waals surface area contributed by atoms with Gasteiger partial charge in [0, 0.05) is 62.2 Å². The average molecular weight is 604 g/mol. The molecule has 2 heterocycles. The van der Waals surface area contributed by atoms with E-state index in [2.05, 4.69) is 81.6 Å². The van der Waals surface area contributed by atoms with Crippen LogP contribution in [0.2, 0.25) is 0 Å². The summed E-state index contributed by atoms with van der Waals surface area (Å²) in [5.74, 6) is 1.51. The molecule has 1 fully saturated rings. The maximum atomic E-state index is 13.5. The van der Waals surface area contributed by atoms with Gasteiger partial charge in [0.25, 0.3) is 0 Å². The Kier molecular flexibility index (Phi) is 10.1. The Morgan fingerprint density at radius 1 is 0.867 bits per heavy atom. The van der Waals surface area contributed by atoms with Gasteiger partial charge in [-0.15, -0.1) is 0 Å². The number of carbonyl (C=O) groups excluding carboxylic acids is 1. The molecule has 1 amide bonds. The first-order valence-corrected chi connectivity index (χ1v) is 15.7. The van der Waals surface area contributed by atoms with Crippen LogP contribution in [-0.2, 0) is 22.7 Å². The smallest absolute Gasteiger partial charge is 0.220 e. The minimum atomic E-state index is -0.157. The molecule has 1 aliphatic rings. The van der Waals surface area contributed by atoms with Crippen LogP contribution in [0.5, 0.6) is 11.5 Å². The number of fused-ring (bicyclic) bond motifs is 1. The summed E-state index contributed by atoms with van der Waals surface area (Å²) in [5, 5.41) is 4.34. The maximum Gasteiger partial charge on any atom is 0.220 e. The van der Waals surface area contributed by atoms with Crippen LogP contribution in [0.1, 0.15) is 34.6 Å². The molecule has 6 rings (SSSR count). The Balaban J connectivity index is 1.28. The molecule has 7 heteroatoms. The fourth-order valence-electron chi connectivity index (χ4n) is 6.02. The second-order valence-electron chi connectivity index (χ2n) is 11.5. The average Bonchev–Trinajstić information content (AvgIpc) is 3.45. The van der Waals surface area contributed by atoms with Gasteiger partial charge in [0.15, 0.2) is 0 Å². The second kappa shape index (κ2) is 14.9. The van der Waals surface area contributed by atoms with E-state index in [0.717, 1.165) is 71.9 Å². The third-order valence-corrected chi connectivity index (χ3v) is 8.46. The van der Waals surface area contributed by atoms with E-state index in [1.54, 1.807) is 7.11 Å². The zero-order chi connectivity index (χ0) is 30.8. The summed E-state index contributed by atoms with van der Waals surface area (Å²) >= 11 is 0. The van der Waals surface area contributed by atoms with E-state index in [-0.39, 0.29) is 11.8 Å². The molecule has 0 unspecified atom stereocenters. The number of methoxy groups -OCH3 is 1. The molecule has 0 saturated carbocycles. The number of para-hydroxylation sites is 1. The fourth-order valence-corrected chi connectivity index (χ4v) is 6.02. The van der Waals surface area contributed by atoms with Crippen LogP contribution in [-0.4, -0.2) is 61.9 Å². The van der Waals surface area contributed by atoms with Crippen LogP contribution >= 0.6 is 0 Å². The first kappa shape index (κ1) is 30.4. The molecule has 232 valence electrons. The highest BCUT2D eigenvalue weighted by atomic mass is 16.5. The summed E-state index contributed by atoms with van der Waals surface area (Å²) in [6.07, 6.45) is 2.56. The van der Waals surface area contributed by atoms with Gasteiger partial charge in [-0.25, -0.2) is 0 Å². The van der Waals surface area contributed by atoms with Crippen molar-refractivity contribution in [2.45, 2.75) is 25.5 Å². The summed E-state index contributed by atoms with van der Waals surface area (Å²) in [7, 11) is 1.68. The number of rotatable bonds is 13. The Labute approximate surface area is 265 Å². The first-order chi connectivity index (χ1) is 22.2. The van der Waals surface area contributed by atoms with Gasteiger partial charge < -0.3 is 24.1 Å². The molecule has 1 aliphatic heterocycles. The normalized spacial score (nSPS) is 14.2. The Bertz CT molecular complexity index is 1680. The molecule has 5 aromatic rings. The number of aromatic nitrogens is 1. The number of ether oxygens (including phenoxy) is 3. The summed E-state index contributed by atoms with van der Waals surface area (Å²) < 4.78 is 19.3. The van der Waals surface area contributed by atoms with E-state index in [1.807, 2.05) is 42.5 Å². The van der Waals surface area contributed by atoms with Crippen molar-refractivity contribution in [2.75, 3.05) is 46.5 Å². The van der Waals surface area contributed by atoms with Gasteiger partial charge in [0.05, 0.1) is 20.3 Å². The Morgan fingerprint density at radius 3 is 2.44 bits per heavy atom. The number of hydrogen-bond acceptors (Lipinski definition) is 5. The van der Waals surface area contributed by atoms with Gasteiger partial charge in [-0.2, -0.15) is 0 Å². The molecule has 1 aromatic heterocycles. The SMILES string of the molecule is COc1ccc(Cn2cc([C@@H](CC(=O)NCCN3CCOCC3)c3cccc(OCc4ccccc4)c3)c3ccccc32)cc1. The highest BCUT2D eigenvalue weighted by molar-refractivity contribution is 5.87. The predicted octanol–water partition coefficient (Wildman–Crippen LogP) is 6.25. The van der Waals surface area contributed by atoms with E-state index in [9.17, 15) is 4.79 Å². The van der Waals surface area contributed by atoms with E-state index in [1.165, 1.54) is 5.56 Å². The number of carbonyl (C=O) groups is 1. The summed E-state index contributed by atoms with van der Waals surface area (Å²) in [6.45, 7) is 5.94. The number of nitrogens with one attached hydrogen (secondary N) is 1. The molecule has 45 heavy (non-hydrogen) atoms. The van der Waals surface area contributed by atoms with Crippen molar-refractivity contribution in [2.24, 2.45) is 0 Å². The van der Waals surface area contributed by atoms with E-state index in [0.29, 0.717) is 26.1 Å². The third kappa shape index (κ3) is 7.93. The van der Waals surface area contributed by atoms with Gasteiger partial charge in [-0.05, 0) is 52.6 Å². The van der Waals surface area contributed by atoms with Crippen molar-refractivity contribution in [1.29, 1.82) is 0 Å². The van der Waals surface area contributed by atoms with Gasteiger partial charge in [0.1, 0.15) is 18.1 Å². The molecular formula is C38H41N3O4. The van der Waals surface area contributed by atoms with E-state index >= 15 is 0 Å². The highest BCUT2D eigenvalue weighted by Gasteiger charge is 2.24. The van der Waals surface area contributed by atoms with Crippen LogP contribution in [0.15, 0.2) is 109 Å². The lowest BCUT2D eigenvalue weighted by Crippen LogP contribution is -2.41. The fraction of sp³-hybridized carbons (Fsp3) is 0.289. The topological polar surface area (TPSA) is 65.0 Å². The first-order valence-electron chi connectivity index (χ1n) is 15.7. The van der Waals surface area contributed by atoms with Crippen LogP contribution in [0, 0.1) is 0 Å². The second-order valence-corrected chi connectivity index (χ2v) is 11.5. The number of nitrogens with zero attached hydrogens (tertiary/aromatic N) is 2. The lowest BCUT2D eigenvalue weighted by Gasteiger charge is -2.26. The zero-order valence-electron chi connectivity index (χ0n) is 25.9. The van der Waals surface area contributed by atoms with E-state index < -0.39 is 0 Å². The van der Waals surface area contributed by atoms with Gasteiger partial charge in [0.2, 0.25) is 5.91 Å². The number of morpholine rings is 1. The molecule has 0 aliphatic carbocycles. The standard InChI is InChI=1S/C38H41N3O4/c1-43-32-16-14-29(15-17-32)26-41-27-36(34-12-5-6-13-37(34)41)35(25-38(42)39-18-19-40-20-22-44-23-21-40)31-10-7-11-33(24-31)45-28-30-8-3-2-4-9-30/h2-17,24,27,35H,18-23,25-26,28H2,1H3,(H,39,42)/t35-/m0/s1. The molecule has 4 aromatic carbocycles. The summed E-state index contributed by atoms with van der Waals surface area (Å²) in [5.41, 5.74) is 5.61. The molecule has 0 radical (unpaired) electrons. The van der Waals surface area contributed by atoms with Crippen molar-refractivity contribution in [1.82, 2.24) is 14.8 Å². The van der Waals surface area contributed by atoms with Gasteiger partial charge >= 0.3 is 0 Å². The molecule has 0 bridgehead atoms. The number of benzene rings is 4. The van der Waals surface area contributed by atoms with Crippen LogP contribution < -0.4 is 14.8 Å². The summed E-state index contributed by atoms with van der Waals surface area (Å²) in [4.78, 5) is 15.9. The lowest BCUT2D eigenvalue weighted by atomic mass is 9.88. The molecular weight excluding hydrogens is 562 g/mol. The molecule has 7 nitrogen and oxygen atoms in total. The molecule has 1 N–H and O–H groups in total. The Morgan fingerprint density at radius 2 is 1.64 bits per heavy atom. The minimum Gasteiger partial charge on any atom is -0.497 e. The monoisotopic (exact) mass is 603 g/mol. The van der Waals surface area contributed by atoms with Crippen molar-refractivity contribution < 1.29 is 19.0 Å². The van der Waals surface area contributed by atoms with Gasteiger partial charge in [-0.1, -0.05) is 72.8 Å². The highest BCUT2D eigenvalue weighted by Crippen LogP contribution is 2.36. The maximum absolute atomic E-state index is 13.5. The van der Waals surface area contributed by atoms with Crippen molar-refractivity contribution in [3.8, 4) is 11.5 Å². The Hall–Kier alpha value is -4.59. The number of amides is 1. The van der Waals surface area contributed by atoms with E-state index in [4.69, 9.17) is 14.2 Å². The molecule has 1 atom stereocenters. The van der Waals surface area contributed by atoms with Crippen LogP contribution in [0.25, 0.3) is 10.9 Å². The largest absolute Gasteiger partial charge is 0.497 e. The van der Waals surface area contributed by atoms with Gasteiger partial charge in [-0.3, -0.25) is 9.69 Å². The van der Waals surface area contributed by atoms with Crippen LogP contribution in [0.4, 0.5) is 0 Å². The predicted molar refractivity (Wildman–Crippen MR) is 178 cm³/mol. The number of hydrogen-bond donors (Lipinski definition) is 1. The van der Waals surface area contributed by atoms with Crippen molar-refractivity contribution >= 4 is 16.8 Å². The zero-order valence-corrected chi connectivity index (χ0v) is 25.9. The lowest BCUT2D eigenvalue weighted by molar-refractivity contribution is -0.121. The summed E-state index contributed by atoms with van der Waals surface area (Å²) in [6, 6.07) is 35.0.